The van der Waals surface area contributed by atoms with Crippen molar-refractivity contribution in [2.75, 3.05) is 26.9 Å². The van der Waals surface area contributed by atoms with E-state index in [1.807, 2.05) is 39.0 Å². The first-order valence-corrected chi connectivity index (χ1v) is 10.0. The van der Waals surface area contributed by atoms with E-state index in [0.29, 0.717) is 43.6 Å². The van der Waals surface area contributed by atoms with E-state index in [2.05, 4.69) is 10.3 Å². The first kappa shape index (κ1) is 24.1. The number of aromatic nitrogens is 2. The Balaban J connectivity index is 2.00. The van der Waals surface area contributed by atoms with E-state index in [4.69, 9.17) is 14.2 Å². The maximum absolute atomic E-state index is 11.8. The highest BCUT2D eigenvalue weighted by molar-refractivity contribution is 5.76. The van der Waals surface area contributed by atoms with Crippen LogP contribution in [-0.2, 0) is 22.6 Å². The molecule has 0 saturated heterocycles. The number of hydrogen-bond acceptors (Lipinski definition) is 8. The molecule has 2 rings (SSSR count). The Labute approximate surface area is 181 Å². The summed E-state index contributed by atoms with van der Waals surface area (Å²) in [6.45, 7) is 9.22. The van der Waals surface area contributed by atoms with Crippen LogP contribution in [0.3, 0.4) is 0 Å². The molecule has 0 aliphatic heterocycles. The minimum absolute atomic E-state index is 0.0672. The first-order valence-electron chi connectivity index (χ1n) is 10.0. The SMILES string of the molecule is CCOc1cc(CNCC(C)(C)C(=O)OC)ccc1OCCn1c([N+](=O)[O-])cnc1C. The summed E-state index contributed by atoms with van der Waals surface area (Å²) in [6, 6.07) is 5.59. The summed E-state index contributed by atoms with van der Waals surface area (Å²) in [6.07, 6.45) is 1.24. The molecule has 1 heterocycles. The van der Waals surface area contributed by atoms with Crippen LogP contribution in [0.1, 0.15) is 32.2 Å². The van der Waals surface area contributed by atoms with Gasteiger partial charge in [0.2, 0.25) is 0 Å². The predicted octanol–water partition coefficient (Wildman–Crippen LogP) is 2.87. The fourth-order valence-electron chi connectivity index (χ4n) is 3.04. The number of methoxy groups -OCH3 is 1. The lowest BCUT2D eigenvalue weighted by Crippen LogP contribution is -2.36. The largest absolute Gasteiger partial charge is 0.490 e. The van der Waals surface area contributed by atoms with Crippen LogP contribution in [0.4, 0.5) is 5.82 Å². The van der Waals surface area contributed by atoms with Crippen molar-refractivity contribution in [1.29, 1.82) is 0 Å². The summed E-state index contributed by atoms with van der Waals surface area (Å²) < 4.78 is 17.9. The van der Waals surface area contributed by atoms with Crippen LogP contribution in [0.5, 0.6) is 11.5 Å². The van der Waals surface area contributed by atoms with Crippen molar-refractivity contribution < 1.29 is 23.9 Å². The molecule has 0 amide bonds. The van der Waals surface area contributed by atoms with Gasteiger partial charge in [0.15, 0.2) is 17.3 Å². The number of nitrogens with one attached hydrogen (secondary N) is 1. The number of carbonyl (C=O) groups is 1. The molecule has 0 unspecified atom stereocenters. The van der Waals surface area contributed by atoms with Gasteiger partial charge in [0.05, 0.1) is 19.1 Å². The molecule has 0 saturated carbocycles. The van der Waals surface area contributed by atoms with Crippen LogP contribution in [0.25, 0.3) is 0 Å². The summed E-state index contributed by atoms with van der Waals surface area (Å²) >= 11 is 0. The summed E-state index contributed by atoms with van der Waals surface area (Å²) in [5.41, 5.74) is 0.340. The van der Waals surface area contributed by atoms with Gasteiger partial charge in [0, 0.05) is 20.0 Å². The van der Waals surface area contributed by atoms with Crippen LogP contribution in [0.2, 0.25) is 0 Å². The molecule has 0 spiro atoms. The number of aryl methyl sites for hydroxylation is 1. The molecule has 0 fully saturated rings. The molecule has 2 aromatic rings. The van der Waals surface area contributed by atoms with Crippen molar-refractivity contribution in [3.8, 4) is 11.5 Å². The molecule has 0 aliphatic carbocycles. The molecule has 170 valence electrons. The van der Waals surface area contributed by atoms with Gasteiger partial charge < -0.3 is 29.6 Å². The number of imidazole rings is 1. The Morgan fingerprint density at radius 3 is 2.68 bits per heavy atom. The summed E-state index contributed by atoms with van der Waals surface area (Å²) in [5, 5.41) is 14.4. The third-order valence-electron chi connectivity index (χ3n) is 4.74. The third kappa shape index (κ3) is 6.42. The minimum Gasteiger partial charge on any atom is -0.490 e. The Morgan fingerprint density at radius 2 is 2.03 bits per heavy atom. The molecule has 0 bridgehead atoms. The molecular formula is C21H30N4O6. The van der Waals surface area contributed by atoms with Crippen LogP contribution in [0, 0.1) is 22.5 Å². The highest BCUT2D eigenvalue weighted by Crippen LogP contribution is 2.29. The van der Waals surface area contributed by atoms with E-state index in [-0.39, 0.29) is 18.4 Å². The van der Waals surface area contributed by atoms with Crippen molar-refractivity contribution in [3.05, 3.63) is 45.9 Å². The van der Waals surface area contributed by atoms with Gasteiger partial charge in [-0.15, -0.1) is 0 Å². The van der Waals surface area contributed by atoms with E-state index in [0.717, 1.165) is 5.56 Å². The number of ether oxygens (including phenoxy) is 3. The van der Waals surface area contributed by atoms with Crippen molar-refractivity contribution in [2.24, 2.45) is 5.41 Å². The second kappa shape index (κ2) is 10.8. The second-order valence-electron chi connectivity index (χ2n) is 7.61. The number of esters is 1. The van der Waals surface area contributed by atoms with E-state index >= 15 is 0 Å². The van der Waals surface area contributed by atoms with E-state index in [1.54, 1.807) is 6.92 Å². The Hall–Kier alpha value is -3.14. The van der Waals surface area contributed by atoms with E-state index < -0.39 is 10.3 Å². The first-order chi connectivity index (χ1) is 14.7. The standard InChI is InChI=1S/C21H30N4O6/c1-6-30-18-11-16(12-22-14-21(3,4)20(26)29-5)7-8-17(18)31-10-9-24-15(2)23-13-19(24)25(27)28/h7-8,11,13,22H,6,9-10,12,14H2,1-5H3. The maximum atomic E-state index is 11.8. The fourth-order valence-corrected chi connectivity index (χ4v) is 3.04. The summed E-state index contributed by atoms with van der Waals surface area (Å²) in [5.74, 6) is 1.36. The van der Waals surface area contributed by atoms with Gasteiger partial charge in [-0.25, -0.2) is 9.55 Å². The van der Waals surface area contributed by atoms with Crippen LogP contribution >= 0.6 is 0 Å². The average molecular weight is 434 g/mol. The van der Waals surface area contributed by atoms with E-state index in [9.17, 15) is 14.9 Å². The number of nitro groups is 1. The van der Waals surface area contributed by atoms with Crippen LogP contribution in [-0.4, -0.2) is 47.3 Å². The lowest BCUT2D eigenvalue weighted by molar-refractivity contribution is -0.392. The van der Waals surface area contributed by atoms with E-state index in [1.165, 1.54) is 17.9 Å². The van der Waals surface area contributed by atoms with Crippen molar-refractivity contribution in [1.82, 2.24) is 14.9 Å². The maximum Gasteiger partial charge on any atom is 0.342 e. The van der Waals surface area contributed by atoms with Gasteiger partial charge >= 0.3 is 11.8 Å². The monoisotopic (exact) mass is 434 g/mol. The van der Waals surface area contributed by atoms with Crippen LogP contribution in [0.15, 0.2) is 24.4 Å². The Kier molecular flexibility index (Phi) is 8.38. The van der Waals surface area contributed by atoms with Gasteiger partial charge in [-0.05, 0) is 43.4 Å². The normalized spacial score (nSPS) is 11.3. The number of rotatable bonds is 12. The second-order valence-corrected chi connectivity index (χ2v) is 7.61. The highest BCUT2D eigenvalue weighted by atomic mass is 16.6. The van der Waals surface area contributed by atoms with Crippen molar-refractivity contribution in [3.63, 3.8) is 0 Å². The number of nitrogens with zero attached hydrogens (tertiary/aromatic N) is 3. The molecule has 31 heavy (non-hydrogen) atoms. The van der Waals surface area contributed by atoms with Crippen molar-refractivity contribution in [2.45, 2.75) is 40.8 Å². The zero-order valence-electron chi connectivity index (χ0n) is 18.6. The third-order valence-corrected chi connectivity index (χ3v) is 4.74. The lowest BCUT2D eigenvalue weighted by atomic mass is 9.93. The number of hydrogen-bond donors (Lipinski definition) is 1. The van der Waals surface area contributed by atoms with Gasteiger partial charge in [-0.1, -0.05) is 6.07 Å². The minimum atomic E-state index is -0.630. The molecule has 10 heteroatoms. The molecule has 0 atom stereocenters. The number of benzene rings is 1. The molecule has 0 aliphatic rings. The fraction of sp³-hybridized carbons (Fsp3) is 0.524. The zero-order valence-corrected chi connectivity index (χ0v) is 18.6. The van der Waals surface area contributed by atoms with Gasteiger partial charge in [-0.3, -0.25) is 4.79 Å². The van der Waals surface area contributed by atoms with Gasteiger partial charge in [0.25, 0.3) is 0 Å². The summed E-state index contributed by atoms with van der Waals surface area (Å²) in [7, 11) is 1.38. The average Bonchev–Trinajstić information content (AvgIpc) is 3.09. The number of carbonyl (C=O) groups excluding carboxylic acids is 1. The molecule has 1 aromatic carbocycles. The molecule has 1 N–H and O–H groups in total. The Morgan fingerprint density at radius 1 is 1.29 bits per heavy atom. The highest BCUT2D eigenvalue weighted by Gasteiger charge is 2.28. The molecule has 1 aromatic heterocycles. The predicted molar refractivity (Wildman–Crippen MR) is 114 cm³/mol. The topological polar surface area (TPSA) is 118 Å². The lowest BCUT2D eigenvalue weighted by Gasteiger charge is -2.22. The van der Waals surface area contributed by atoms with Gasteiger partial charge in [-0.2, -0.15) is 0 Å². The molecule has 0 radical (unpaired) electrons. The molecular weight excluding hydrogens is 404 g/mol. The quantitative estimate of drug-likeness (QED) is 0.308. The zero-order chi connectivity index (χ0) is 23.0. The van der Waals surface area contributed by atoms with Crippen molar-refractivity contribution >= 4 is 11.8 Å². The molecule has 10 nitrogen and oxygen atoms in total. The summed E-state index contributed by atoms with van der Waals surface area (Å²) in [4.78, 5) is 26.4. The smallest absolute Gasteiger partial charge is 0.342 e. The van der Waals surface area contributed by atoms with Gasteiger partial charge in [0.1, 0.15) is 19.3 Å². The van der Waals surface area contributed by atoms with Crippen LogP contribution < -0.4 is 14.8 Å². The Bertz CT molecular complexity index is 909.